The minimum atomic E-state index is -1.07. The van der Waals surface area contributed by atoms with Gasteiger partial charge in [0.05, 0.1) is 22.9 Å². The summed E-state index contributed by atoms with van der Waals surface area (Å²) in [6.45, 7) is 9.93. The molecule has 12 rings (SSSR count). The number of amides is 1. The molecule has 2 saturated heterocycles. The number of benzene rings is 4. The molecule has 0 spiro atoms. The molecule has 0 bridgehead atoms. The molecule has 4 aromatic carbocycles. The van der Waals surface area contributed by atoms with Crippen molar-refractivity contribution >= 4 is 45.6 Å². The number of carboxylic acids is 1. The number of nitrogens with zero attached hydrogens (tertiary/aromatic N) is 13. The van der Waals surface area contributed by atoms with Gasteiger partial charge in [0, 0.05) is 109 Å². The Morgan fingerprint density at radius 3 is 1.49 bits per heavy atom. The molecule has 2 fully saturated rings. The lowest BCUT2D eigenvalue weighted by Gasteiger charge is -2.14. The van der Waals surface area contributed by atoms with Gasteiger partial charge in [0.1, 0.15) is 107 Å². The molecule has 0 saturated carbocycles. The van der Waals surface area contributed by atoms with Gasteiger partial charge >= 0.3 is 5.97 Å². The van der Waals surface area contributed by atoms with E-state index in [1.54, 1.807) is 86.9 Å². The zero-order chi connectivity index (χ0) is 61.0. The Bertz CT molecular complexity index is 4230. The lowest BCUT2D eigenvalue weighted by atomic mass is 10.1. The summed E-state index contributed by atoms with van der Waals surface area (Å²) in [6.07, 6.45) is 11.2. The van der Waals surface area contributed by atoms with Crippen molar-refractivity contribution in [2.75, 3.05) is 37.6 Å². The Labute approximate surface area is 496 Å². The fraction of sp³-hybridized carbons (Fsp3) is 0.226. The van der Waals surface area contributed by atoms with Crippen molar-refractivity contribution in [1.29, 1.82) is 0 Å². The molecule has 2 atom stereocenters. The highest BCUT2D eigenvalue weighted by Crippen LogP contribution is 2.37. The van der Waals surface area contributed by atoms with Crippen LogP contribution in [0.4, 0.5) is 20.4 Å². The number of rotatable bonds is 14. The Hall–Kier alpha value is -11.2. The van der Waals surface area contributed by atoms with Crippen LogP contribution in [-0.2, 0) is 22.8 Å². The smallest absolute Gasteiger partial charge is 0.381 e. The van der Waals surface area contributed by atoms with Crippen molar-refractivity contribution in [1.82, 2.24) is 69.6 Å². The molecular weight excluding hydrogens is 1120 g/mol. The Balaban J connectivity index is 0.000000177. The Morgan fingerprint density at radius 2 is 1.07 bits per heavy atom. The van der Waals surface area contributed by atoms with Crippen LogP contribution in [0.5, 0.6) is 34.5 Å². The Kier molecular flexibility index (Phi) is 18.3. The van der Waals surface area contributed by atoms with Crippen molar-refractivity contribution in [2.24, 2.45) is 0 Å². The van der Waals surface area contributed by atoms with E-state index in [0.29, 0.717) is 99.6 Å². The van der Waals surface area contributed by atoms with Gasteiger partial charge in [0.2, 0.25) is 0 Å². The van der Waals surface area contributed by atoms with Gasteiger partial charge in [-0.05, 0) is 102 Å². The lowest BCUT2D eigenvalue weighted by Crippen LogP contribution is -2.28. The van der Waals surface area contributed by atoms with Crippen molar-refractivity contribution in [3.8, 4) is 80.7 Å². The minimum absolute atomic E-state index is 0.0845. The molecule has 0 radical (unpaired) electrons. The van der Waals surface area contributed by atoms with Crippen molar-refractivity contribution in [2.45, 2.75) is 65.8 Å². The van der Waals surface area contributed by atoms with Crippen LogP contribution in [0.3, 0.4) is 0 Å². The SMILES string of the molecule is CC#CC(=O)N1CC[C@@H](n2nc(-c3ccc(Oc4cc(F)cc(OCc5cnc(C)nc5)c4)cc3)c3c(N)ncnc32)C1.CC#CC(=O)O.Cc1ncc(COc2cc(F)cc(Oc3ccc(-c4nn([C@@H]5CCNC5)c5ncnc(N)c45)cc3)c2)cn1. The maximum atomic E-state index is 14.4. The number of hydrogen-bond donors (Lipinski definition) is 4. The molecule has 8 heterocycles. The number of carbonyl (C=O) groups excluding carboxylic acids is 1. The van der Waals surface area contributed by atoms with Crippen molar-refractivity contribution < 1.29 is 42.4 Å². The van der Waals surface area contributed by atoms with E-state index in [0.717, 1.165) is 47.2 Å². The Morgan fingerprint density at radius 1 is 0.609 bits per heavy atom. The second-order valence-corrected chi connectivity index (χ2v) is 19.7. The number of aryl methyl sites for hydroxylation is 2. The van der Waals surface area contributed by atoms with Crippen LogP contribution >= 0.6 is 0 Å². The number of aliphatic carboxylic acids is 1. The van der Waals surface area contributed by atoms with E-state index in [1.807, 2.05) is 39.5 Å². The van der Waals surface area contributed by atoms with E-state index in [4.69, 9.17) is 45.7 Å². The first kappa shape index (κ1) is 59.0. The second kappa shape index (κ2) is 27.0. The number of nitrogens with two attached hydrogens (primary N) is 2. The molecule has 25 heteroatoms. The van der Waals surface area contributed by atoms with Crippen LogP contribution in [0.2, 0.25) is 0 Å². The highest BCUT2D eigenvalue weighted by atomic mass is 19.1. The van der Waals surface area contributed by atoms with E-state index in [1.165, 1.54) is 43.8 Å². The summed E-state index contributed by atoms with van der Waals surface area (Å²) < 4.78 is 55.7. The lowest BCUT2D eigenvalue weighted by molar-refractivity contribution is -0.130. The average molecular weight is 1180 g/mol. The van der Waals surface area contributed by atoms with Gasteiger partial charge < -0.3 is 45.7 Å². The number of likely N-dealkylation sites (tertiary alicyclic amines) is 1. The van der Waals surface area contributed by atoms with Gasteiger partial charge in [0.15, 0.2) is 11.3 Å². The molecule has 87 heavy (non-hydrogen) atoms. The number of anilines is 2. The number of carbonyl (C=O) groups is 2. The molecule has 6 N–H and O–H groups in total. The van der Waals surface area contributed by atoms with E-state index in [9.17, 15) is 18.4 Å². The van der Waals surface area contributed by atoms with Gasteiger partial charge in [-0.3, -0.25) is 4.79 Å². The third kappa shape index (κ3) is 14.6. The zero-order valence-corrected chi connectivity index (χ0v) is 47.5. The predicted octanol–water partition coefficient (Wildman–Crippen LogP) is 8.79. The maximum absolute atomic E-state index is 14.4. The normalized spacial score (nSPS) is 14.1. The second-order valence-electron chi connectivity index (χ2n) is 19.7. The molecule has 2 aliphatic heterocycles. The quantitative estimate of drug-likeness (QED) is 0.0739. The highest BCUT2D eigenvalue weighted by molar-refractivity contribution is 5.99. The van der Waals surface area contributed by atoms with E-state index in [2.05, 4.69) is 62.9 Å². The van der Waals surface area contributed by atoms with E-state index < -0.39 is 17.6 Å². The van der Waals surface area contributed by atoms with Crippen LogP contribution in [0.25, 0.3) is 44.6 Å². The van der Waals surface area contributed by atoms with Crippen LogP contribution < -0.4 is 35.7 Å². The fourth-order valence-electron chi connectivity index (χ4n) is 9.48. The first-order valence-corrected chi connectivity index (χ1v) is 27.2. The monoisotopic (exact) mass is 1170 g/mol. The molecule has 10 aromatic rings. The van der Waals surface area contributed by atoms with Gasteiger partial charge in [-0.2, -0.15) is 10.2 Å². The van der Waals surface area contributed by atoms with Gasteiger partial charge in [0.25, 0.3) is 5.91 Å². The minimum Gasteiger partial charge on any atom is -0.489 e. The largest absolute Gasteiger partial charge is 0.489 e. The molecule has 0 aliphatic carbocycles. The van der Waals surface area contributed by atoms with E-state index >= 15 is 0 Å². The molecule has 23 nitrogen and oxygen atoms in total. The number of hydrogen-bond acceptors (Lipinski definition) is 19. The van der Waals surface area contributed by atoms with Gasteiger partial charge in [-0.15, -0.1) is 0 Å². The van der Waals surface area contributed by atoms with Crippen molar-refractivity contribution in [3.63, 3.8) is 0 Å². The first-order valence-electron chi connectivity index (χ1n) is 27.2. The van der Waals surface area contributed by atoms with E-state index in [-0.39, 0.29) is 37.0 Å². The molecule has 440 valence electrons. The van der Waals surface area contributed by atoms with Crippen LogP contribution in [0, 0.1) is 49.2 Å². The number of ether oxygens (including phenoxy) is 4. The van der Waals surface area contributed by atoms with Crippen LogP contribution in [0.15, 0.2) is 122 Å². The number of halogens is 2. The molecule has 1 amide bonds. The fourth-order valence-corrected chi connectivity index (χ4v) is 9.48. The summed E-state index contributed by atoms with van der Waals surface area (Å²) in [6, 6.07) is 23.1. The summed E-state index contributed by atoms with van der Waals surface area (Å²) in [5.41, 5.74) is 18.3. The summed E-state index contributed by atoms with van der Waals surface area (Å²) >= 11 is 0. The van der Waals surface area contributed by atoms with Crippen molar-refractivity contribution in [3.05, 3.63) is 157 Å². The van der Waals surface area contributed by atoms with Gasteiger partial charge in [-0.25, -0.2) is 62.8 Å². The number of nitrogen functional groups attached to an aromatic ring is 2. The summed E-state index contributed by atoms with van der Waals surface area (Å²) in [5, 5.41) is 22.2. The third-order valence-corrected chi connectivity index (χ3v) is 13.6. The topological polar surface area (TPSA) is 297 Å². The predicted molar refractivity (Wildman–Crippen MR) is 317 cm³/mol. The molecule has 6 aromatic heterocycles. The number of carboxylic acid groups (broad SMARTS) is 1. The maximum Gasteiger partial charge on any atom is 0.381 e. The molecule has 2 aliphatic rings. The summed E-state index contributed by atoms with van der Waals surface area (Å²) in [7, 11) is 0. The summed E-state index contributed by atoms with van der Waals surface area (Å²) in [5.74, 6) is 11.4. The molecule has 0 unspecified atom stereocenters. The number of aromatic nitrogens is 12. The number of fused-ring (bicyclic) bond motifs is 2. The average Bonchev–Trinajstić information content (AvgIpc) is 1.77. The first-order chi connectivity index (χ1) is 42.2. The highest BCUT2D eigenvalue weighted by Gasteiger charge is 2.31. The standard InChI is InChI=1S/C31H27FN8O3.C27H25FN8O2.C4H4O2/c1-3-4-27(41)39-10-9-23(16-39)40-31-28(30(33)36-18-37-31)29(38-40)21-5-7-24(8-6-21)43-26-12-22(32)11-25(13-26)42-17-20-14-34-19(2)35-15-20;1-16-31-11-17(12-32-16)14-37-22-8-19(28)9-23(10-22)38-21-4-2-18(3-5-21)25-24-26(29)33-15-34-27(24)36(35-25)20-6-7-30-13-20;1-2-3-4(5)6/h5-8,11-15,18,23H,9-10,16-17H2,1-2H3,(H2,33,36,37);2-5,8-12,15,20,30H,6-7,13-14H2,1H3,(H2,29,33,34);1H3,(H,5,6)/t23-;20-;/m11./s1. The third-order valence-electron chi connectivity index (χ3n) is 13.6. The number of nitrogens with one attached hydrogen (secondary N) is 1. The zero-order valence-electron chi connectivity index (χ0n) is 47.5. The summed E-state index contributed by atoms with van der Waals surface area (Å²) in [4.78, 5) is 57.3. The molecular formula is C62H56F2N16O7. The van der Waals surface area contributed by atoms with Crippen LogP contribution in [0.1, 0.15) is 61.5 Å². The van der Waals surface area contributed by atoms with Crippen LogP contribution in [-0.4, -0.2) is 107 Å². The van der Waals surface area contributed by atoms with Gasteiger partial charge in [-0.1, -0.05) is 11.8 Å².